The molecule has 3 aromatic carbocycles. The number of nitrogens with zero attached hydrogens (tertiary/aromatic N) is 1. The van der Waals surface area contributed by atoms with Gasteiger partial charge in [-0.15, -0.1) is 4.28 Å². The van der Waals surface area contributed by atoms with Gasteiger partial charge in [-0.2, -0.15) is 8.42 Å². The van der Waals surface area contributed by atoms with Gasteiger partial charge in [0.1, 0.15) is 5.78 Å². The summed E-state index contributed by atoms with van der Waals surface area (Å²) in [6.07, 6.45) is 1.80. The van der Waals surface area contributed by atoms with Crippen molar-refractivity contribution in [1.82, 2.24) is 5.06 Å². The zero-order valence-electron chi connectivity index (χ0n) is 20.6. The largest absolute Gasteiger partial charge is 0.299 e. The monoisotopic (exact) mass is 523 g/mol. The summed E-state index contributed by atoms with van der Waals surface area (Å²) in [7, 11) is -2.87. The summed E-state index contributed by atoms with van der Waals surface area (Å²) in [5.74, 6) is -0.783. The number of Topliss-reactive ketones (excluding diaryl/α,β-unsaturated/α-hetero) is 1. The van der Waals surface area contributed by atoms with Crippen LogP contribution in [-0.2, 0) is 19.2 Å². The van der Waals surface area contributed by atoms with E-state index < -0.39 is 32.6 Å². The van der Waals surface area contributed by atoms with Gasteiger partial charge in [-0.1, -0.05) is 55.9 Å². The van der Waals surface area contributed by atoms with Crippen molar-refractivity contribution >= 4 is 44.3 Å². The molecule has 8 heteroatoms. The Morgan fingerprint density at radius 1 is 1.03 bits per heavy atom. The Morgan fingerprint density at radius 3 is 2.39 bits per heavy atom. The van der Waals surface area contributed by atoms with Gasteiger partial charge in [0.15, 0.2) is 0 Å². The maximum atomic E-state index is 13.0. The number of carbonyl (C=O) groups excluding carboxylic acids is 2. The van der Waals surface area contributed by atoms with Crippen molar-refractivity contribution < 1.29 is 22.3 Å². The number of amides is 1. The van der Waals surface area contributed by atoms with E-state index in [-0.39, 0.29) is 11.7 Å². The van der Waals surface area contributed by atoms with Crippen molar-refractivity contribution in [2.45, 2.75) is 42.9 Å². The van der Waals surface area contributed by atoms with E-state index in [1.807, 2.05) is 50.2 Å². The molecule has 0 aliphatic heterocycles. The summed E-state index contributed by atoms with van der Waals surface area (Å²) in [5.41, 5.74) is -1.03. The molecule has 0 aromatic heterocycles. The predicted octanol–water partition coefficient (Wildman–Crippen LogP) is 5.72. The fourth-order valence-corrected chi connectivity index (χ4v) is 8.50. The number of benzene rings is 3. The van der Waals surface area contributed by atoms with E-state index in [0.29, 0.717) is 18.4 Å². The van der Waals surface area contributed by atoms with Crippen LogP contribution in [0.25, 0.3) is 10.8 Å². The average Bonchev–Trinajstić information content (AvgIpc) is 3.17. The standard InChI is InChI=1S/C28H29NO5S2/c1-27(2)22-13-14-28(27,25(30)17-22)18-36(32,33)34-29(3)26(31)21-10-9-20-16-24(12-11-19(20)15-21)35-23-7-5-4-6-8-23/h4-12,15-16,22H,13-14,17-18H2,1-3H3. The number of fused-ring (bicyclic) bond motifs is 3. The van der Waals surface area contributed by atoms with Crippen LogP contribution < -0.4 is 0 Å². The lowest BCUT2D eigenvalue weighted by Crippen LogP contribution is -2.44. The zero-order chi connectivity index (χ0) is 25.7. The second-order valence-corrected chi connectivity index (χ2v) is 13.1. The van der Waals surface area contributed by atoms with Crippen molar-refractivity contribution in [3.8, 4) is 0 Å². The molecule has 0 heterocycles. The van der Waals surface area contributed by atoms with E-state index in [1.54, 1.807) is 23.9 Å². The minimum atomic E-state index is -4.16. The van der Waals surface area contributed by atoms with Gasteiger partial charge in [-0.05, 0) is 71.3 Å². The minimum Gasteiger partial charge on any atom is -0.299 e. The number of hydroxylamine groups is 2. The summed E-state index contributed by atoms with van der Waals surface area (Å²) in [6, 6.07) is 21.3. The molecule has 2 atom stereocenters. The Labute approximate surface area is 216 Å². The second-order valence-electron chi connectivity index (χ2n) is 10.4. The molecule has 0 N–H and O–H groups in total. The third-order valence-electron chi connectivity index (χ3n) is 8.11. The Bertz CT molecular complexity index is 1450. The molecule has 0 saturated heterocycles. The van der Waals surface area contributed by atoms with E-state index in [1.165, 1.54) is 7.05 Å². The summed E-state index contributed by atoms with van der Waals surface area (Å²) in [4.78, 5) is 28.0. The van der Waals surface area contributed by atoms with Gasteiger partial charge in [0, 0.05) is 28.8 Å². The molecule has 1 amide bonds. The van der Waals surface area contributed by atoms with Crippen molar-refractivity contribution in [3.63, 3.8) is 0 Å². The number of hydrogen-bond acceptors (Lipinski definition) is 6. The van der Waals surface area contributed by atoms with Gasteiger partial charge in [-0.3, -0.25) is 9.59 Å². The number of hydrogen-bond donors (Lipinski definition) is 0. The molecule has 2 bridgehead atoms. The van der Waals surface area contributed by atoms with Gasteiger partial charge in [0.05, 0.1) is 11.2 Å². The highest BCUT2D eigenvalue weighted by molar-refractivity contribution is 7.99. The third kappa shape index (κ3) is 4.35. The summed E-state index contributed by atoms with van der Waals surface area (Å²) in [5, 5.41) is 2.59. The van der Waals surface area contributed by atoms with Crippen LogP contribution in [0.15, 0.2) is 76.5 Å². The second kappa shape index (κ2) is 9.01. The predicted molar refractivity (Wildman–Crippen MR) is 140 cm³/mol. The van der Waals surface area contributed by atoms with E-state index in [0.717, 1.165) is 32.0 Å². The zero-order valence-corrected chi connectivity index (χ0v) is 22.2. The fraction of sp³-hybridized carbons (Fsp3) is 0.357. The van der Waals surface area contributed by atoms with Crippen LogP contribution in [0.4, 0.5) is 0 Å². The van der Waals surface area contributed by atoms with Gasteiger partial charge in [0.25, 0.3) is 16.0 Å². The smallest absolute Gasteiger partial charge is 0.289 e. The van der Waals surface area contributed by atoms with Crippen LogP contribution in [0.1, 0.15) is 43.5 Å². The van der Waals surface area contributed by atoms with Crippen molar-refractivity contribution in [2.75, 3.05) is 12.8 Å². The fourth-order valence-electron chi connectivity index (χ4n) is 5.87. The van der Waals surface area contributed by atoms with Crippen LogP contribution in [0.3, 0.4) is 0 Å². The lowest BCUT2D eigenvalue weighted by Gasteiger charge is -2.36. The van der Waals surface area contributed by atoms with Gasteiger partial charge < -0.3 is 0 Å². The summed E-state index contributed by atoms with van der Waals surface area (Å²) < 4.78 is 31.2. The molecule has 2 saturated carbocycles. The molecule has 2 fully saturated rings. The van der Waals surface area contributed by atoms with Gasteiger partial charge >= 0.3 is 0 Å². The number of carbonyl (C=O) groups is 2. The first-order valence-electron chi connectivity index (χ1n) is 12.0. The van der Waals surface area contributed by atoms with Crippen molar-refractivity contribution in [2.24, 2.45) is 16.7 Å². The molecule has 2 aliphatic carbocycles. The van der Waals surface area contributed by atoms with Crippen LogP contribution in [0, 0.1) is 16.7 Å². The Balaban J connectivity index is 1.30. The molecule has 2 unspecified atom stereocenters. The molecule has 0 radical (unpaired) electrons. The van der Waals surface area contributed by atoms with Crippen molar-refractivity contribution in [1.29, 1.82) is 0 Å². The van der Waals surface area contributed by atoms with Crippen LogP contribution in [-0.4, -0.2) is 38.0 Å². The average molecular weight is 524 g/mol. The molecular weight excluding hydrogens is 494 g/mol. The lowest BCUT2D eigenvalue weighted by atomic mass is 9.70. The first kappa shape index (κ1) is 25.0. The van der Waals surface area contributed by atoms with E-state index >= 15 is 0 Å². The molecular formula is C28H29NO5S2. The number of ketones is 1. The normalized spacial score (nSPS) is 22.8. The van der Waals surface area contributed by atoms with Gasteiger partial charge in [0.2, 0.25) is 0 Å². The third-order valence-corrected chi connectivity index (χ3v) is 10.4. The number of rotatable bonds is 7. The van der Waals surface area contributed by atoms with Crippen molar-refractivity contribution in [3.05, 3.63) is 72.3 Å². The highest BCUT2D eigenvalue weighted by Crippen LogP contribution is 2.64. The first-order valence-corrected chi connectivity index (χ1v) is 14.4. The minimum absolute atomic E-state index is 0.00997. The molecule has 5 rings (SSSR count). The van der Waals surface area contributed by atoms with Crippen LogP contribution in [0.5, 0.6) is 0 Å². The van der Waals surface area contributed by atoms with Gasteiger partial charge in [-0.25, -0.2) is 5.06 Å². The van der Waals surface area contributed by atoms with Crippen LogP contribution >= 0.6 is 11.8 Å². The Hall–Kier alpha value is -2.68. The maximum absolute atomic E-state index is 13.0. The first-order chi connectivity index (χ1) is 17.0. The van der Waals surface area contributed by atoms with E-state index in [4.69, 9.17) is 4.28 Å². The topological polar surface area (TPSA) is 80.8 Å². The quantitative estimate of drug-likeness (QED) is 0.369. The SMILES string of the molecule is CN(OS(=O)(=O)CC12CCC(CC1=O)C2(C)C)C(=O)c1ccc2cc(Sc3ccccc3)ccc2c1. The maximum Gasteiger partial charge on any atom is 0.289 e. The Kier molecular flexibility index (Phi) is 6.25. The van der Waals surface area contributed by atoms with Crippen LogP contribution in [0.2, 0.25) is 0 Å². The molecule has 188 valence electrons. The lowest BCUT2D eigenvalue weighted by molar-refractivity contribution is -0.128. The van der Waals surface area contributed by atoms with E-state index in [9.17, 15) is 18.0 Å². The molecule has 2 aliphatic rings. The van der Waals surface area contributed by atoms with E-state index in [2.05, 4.69) is 18.2 Å². The molecule has 3 aromatic rings. The summed E-state index contributed by atoms with van der Waals surface area (Å²) in [6.45, 7) is 3.94. The Morgan fingerprint density at radius 2 is 1.72 bits per heavy atom. The molecule has 36 heavy (non-hydrogen) atoms. The molecule has 6 nitrogen and oxygen atoms in total. The highest BCUT2D eigenvalue weighted by Gasteiger charge is 2.65. The summed E-state index contributed by atoms with van der Waals surface area (Å²) >= 11 is 1.66. The molecule has 0 spiro atoms. The highest BCUT2D eigenvalue weighted by atomic mass is 32.2.